The summed E-state index contributed by atoms with van der Waals surface area (Å²) in [6.07, 6.45) is 0.414. The van der Waals surface area contributed by atoms with Crippen molar-refractivity contribution in [3.8, 4) is 5.75 Å². The molecule has 2 amide bonds. The molecular formula is C24H23ClN2O3. The summed E-state index contributed by atoms with van der Waals surface area (Å²) >= 11 is 5.85. The molecule has 0 unspecified atom stereocenters. The smallest absolute Gasteiger partial charge is 0.265 e. The van der Waals surface area contributed by atoms with Gasteiger partial charge in [0.05, 0.1) is 0 Å². The average molecular weight is 423 g/mol. The number of carbonyl (C=O) groups is 2. The van der Waals surface area contributed by atoms with Crippen molar-refractivity contribution in [3.63, 3.8) is 0 Å². The molecule has 0 heterocycles. The number of hydrogen-bond donors (Lipinski definition) is 2. The van der Waals surface area contributed by atoms with Gasteiger partial charge in [0.2, 0.25) is 5.91 Å². The molecule has 154 valence electrons. The SMILES string of the molecule is C[C@H](Oc1ccc(Cl)cc1)C(=O)Nc1ccc(NC(=O)CCc2ccccc2)cc1. The fraction of sp³-hybridized carbons (Fsp3) is 0.167. The molecule has 0 aromatic heterocycles. The van der Waals surface area contributed by atoms with Crippen molar-refractivity contribution in [2.75, 3.05) is 10.6 Å². The standard InChI is InChI=1S/C24H23ClN2O3/c1-17(30-22-14-8-19(25)9-15-22)24(29)27-21-12-10-20(11-13-21)26-23(28)16-7-18-5-3-2-4-6-18/h2-6,8-15,17H,7,16H2,1H3,(H,26,28)(H,27,29)/t17-/m0/s1. The molecule has 3 aromatic carbocycles. The number of ether oxygens (including phenoxy) is 1. The van der Waals surface area contributed by atoms with Crippen molar-refractivity contribution < 1.29 is 14.3 Å². The van der Waals surface area contributed by atoms with Crippen molar-refractivity contribution in [1.29, 1.82) is 0 Å². The van der Waals surface area contributed by atoms with Gasteiger partial charge in [-0.1, -0.05) is 41.9 Å². The van der Waals surface area contributed by atoms with Gasteiger partial charge in [-0.2, -0.15) is 0 Å². The summed E-state index contributed by atoms with van der Waals surface area (Å²) in [5.41, 5.74) is 2.42. The number of nitrogens with one attached hydrogen (secondary N) is 2. The molecule has 0 radical (unpaired) electrons. The van der Waals surface area contributed by atoms with Gasteiger partial charge in [-0.15, -0.1) is 0 Å². The Labute approximate surface area is 181 Å². The Bertz CT molecular complexity index is 974. The molecule has 0 saturated heterocycles. The molecular weight excluding hydrogens is 400 g/mol. The lowest BCUT2D eigenvalue weighted by molar-refractivity contribution is -0.122. The van der Waals surface area contributed by atoms with Gasteiger partial charge in [0, 0.05) is 22.8 Å². The van der Waals surface area contributed by atoms with Gasteiger partial charge in [-0.3, -0.25) is 9.59 Å². The summed E-state index contributed by atoms with van der Waals surface area (Å²) in [5.74, 6) is 0.237. The van der Waals surface area contributed by atoms with Crippen LogP contribution in [0.1, 0.15) is 18.9 Å². The fourth-order valence-electron chi connectivity index (χ4n) is 2.78. The first-order valence-corrected chi connectivity index (χ1v) is 10.0. The Morgan fingerprint density at radius 1 is 0.867 bits per heavy atom. The van der Waals surface area contributed by atoms with Crippen LogP contribution in [0.2, 0.25) is 5.02 Å². The topological polar surface area (TPSA) is 67.4 Å². The minimum Gasteiger partial charge on any atom is -0.481 e. The minimum atomic E-state index is -0.677. The average Bonchev–Trinajstić information content (AvgIpc) is 2.76. The van der Waals surface area contributed by atoms with E-state index < -0.39 is 6.10 Å². The molecule has 30 heavy (non-hydrogen) atoms. The molecule has 3 rings (SSSR count). The zero-order valence-electron chi connectivity index (χ0n) is 16.6. The van der Waals surface area contributed by atoms with E-state index in [2.05, 4.69) is 10.6 Å². The van der Waals surface area contributed by atoms with Crippen LogP contribution in [-0.2, 0) is 16.0 Å². The third kappa shape index (κ3) is 6.64. The molecule has 0 saturated carbocycles. The van der Waals surface area contributed by atoms with Gasteiger partial charge in [0.15, 0.2) is 6.10 Å². The van der Waals surface area contributed by atoms with Crippen LogP contribution in [0, 0.1) is 0 Å². The van der Waals surface area contributed by atoms with E-state index in [0.717, 1.165) is 5.56 Å². The molecule has 6 heteroatoms. The first-order chi connectivity index (χ1) is 14.5. The molecule has 0 spiro atoms. The summed E-state index contributed by atoms with van der Waals surface area (Å²) in [4.78, 5) is 24.5. The zero-order chi connectivity index (χ0) is 21.3. The summed E-state index contributed by atoms with van der Waals surface area (Å²) < 4.78 is 5.62. The lowest BCUT2D eigenvalue weighted by atomic mass is 10.1. The lowest BCUT2D eigenvalue weighted by Crippen LogP contribution is -2.30. The van der Waals surface area contributed by atoms with Crippen molar-refractivity contribution in [2.45, 2.75) is 25.9 Å². The van der Waals surface area contributed by atoms with Gasteiger partial charge in [-0.05, 0) is 67.4 Å². The second kappa shape index (κ2) is 10.5. The number of carbonyl (C=O) groups excluding carboxylic acids is 2. The number of rotatable bonds is 8. The Morgan fingerprint density at radius 3 is 2.10 bits per heavy atom. The van der Waals surface area contributed by atoms with Gasteiger partial charge >= 0.3 is 0 Å². The third-order valence-electron chi connectivity index (χ3n) is 4.42. The number of amides is 2. The van der Waals surface area contributed by atoms with Crippen LogP contribution < -0.4 is 15.4 Å². The third-order valence-corrected chi connectivity index (χ3v) is 4.67. The second-order valence-electron chi connectivity index (χ2n) is 6.81. The highest BCUT2D eigenvalue weighted by molar-refractivity contribution is 6.30. The fourth-order valence-corrected chi connectivity index (χ4v) is 2.90. The molecule has 0 aliphatic rings. The molecule has 5 nitrogen and oxygen atoms in total. The number of halogens is 1. The normalized spacial score (nSPS) is 11.4. The highest BCUT2D eigenvalue weighted by Crippen LogP contribution is 2.18. The van der Waals surface area contributed by atoms with E-state index in [4.69, 9.17) is 16.3 Å². The highest BCUT2D eigenvalue weighted by Gasteiger charge is 2.15. The first-order valence-electron chi connectivity index (χ1n) is 9.66. The maximum Gasteiger partial charge on any atom is 0.265 e. The monoisotopic (exact) mass is 422 g/mol. The second-order valence-corrected chi connectivity index (χ2v) is 7.25. The Balaban J connectivity index is 1.46. The van der Waals surface area contributed by atoms with Crippen LogP contribution in [0.25, 0.3) is 0 Å². The van der Waals surface area contributed by atoms with Crippen LogP contribution >= 0.6 is 11.6 Å². The van der Waals surface area contributed by atoms with Gasteiger partial charge in [0.1, 0.15) is 5.75 Å². The summed E-state index contributed by atoms with van der Waals surface area (Å²) in [5, 5.41) is 6.27. The summed E-state index contributed by atoms with van der Waals surface area (Å²) in [6.45, 7) is 1.67. The van der Waals surface area contributed by atoms with Crippen LogP contribution in [0.4, 0.5) is 11.4 Å². The Kier molecular flexibility index (Phi) is 7.46. The van der Waals surface area contributed by atoms with Crippen molar-refractivity contribution in [1.82, 2.24) is 0 Å². The Morgan fingerprint density at radius 2 is 1.47 bits per heavy atom. The molecule has 1 atom stereocenters. The lowest BCUT2D eigenvalue weighted by Gasteiger charge is -2.15. The van der Waals surface area contributed by atoms with E-state index in [1.54, 1.807) is 55.5 Å². The quantitative estimate of drug-likeness (QED) is 0.516. The van der Waals surface area contributed by atoms with Crippen LogP contribution in [0.15, 0.2) is 78.9 Å². The van der Waals surface area contributed by atoms with E-state index in [0.29, 0.717) is 35.0 Å². The molecule has 3 aromatic rings. The van der Waals surface area contributed by atoms with E-state index in [9.17, 15) is 9.59 Å². The molecule has 0 aliphatic carbocycles. The van der Waals surface area contributed by atoms with Crippen LogP contribution in [0.5, 0.6) is 5.75 Å². The van der Waals surface area contributed by atoms with Gasteiger partial charge in [0.25, 0.3) is 5.91 Å². The molecule has 0 fully saturated rings. The van der Waals surface area contributed by atoms with Crippen LogP contribution in [0.3, 0.4) is 0 Å². The highest BCUT2D eigenvalue weighted by atomic mass is 35.5. The first kappa shape index (κ1) is 21.4. The summed E-state index contributed by atoms with van der Waals surface area (Å²) in [6, 6.07) is 23.7. The molecule has 0 aliphatic heterocycles. The van der Waals surface area contributed by atoms with Gasteiger partial charge in [-0.25, -0.2) is 0 Å². The van der Waals surface area contributed by atoms with Gasteiger partial charge < -0.3 is 15.4 Å². The number of anilines is 2. The molecule has 2 N–H and O–H groups in total. The van der Waals surface area contributed by atoms with E-state index in [1.165, 1.54) is 0 Å². The van der Waals surface area contributed by atoms with Crippen molar-refractivity contribution in [3.05, 3.63) is 89.4 Å². The molecule has 0 bridgehead atoms. The predicted molar refractivity (Wildman–Crippen MR) is 120 cm³/mol. The number of aryl methyl sites for hydroxylation is 1. The maximum atomic E-state index is 12.3. The van der Waals surface area contributed by atoms with Crippen LogP contribution in [-0.4, -0.2) is 17.9 Å². The van der Waals surface area contributed by atoms with Crippen molar-refractivity contribution in [2.24, 2.45) is 0 Å². The van der Waals surface area contributed by atoms with E-state index in [-0.39, 0.29) is 11.8 Å². The Hall–Kier alpha value is -3.31. The predicted octanol–water partition coefficient (Wildman–Crippen LogP) is 5.32. The number of hydrogen-bond acceptors (Lipinski definition) is 3. The largest absolute Gasteiger partial charge is 0.481 e. The van der Waals surface area contributed by atoms with E-state index in [1.807, 2.05) is 30.3 Å². The minimum absolute atomic E-state index is 0.0550. The maximum absolute atomic E-state index is 12.3. The van der Waals surface area contributed by atoms with E-state index >= 15 is 0 Å². The van der Waals surface area contributed by atoms with Crippen molar-refractivity contribution >= 4 is 34.8 Å². The number of benzene rings is 3. The summed E-state index contributed by atoms with van der Waals surface area (Å²) in [7, 11) is 0. The zero-order valence-corrected chi connectivity index (χ0v) is 17.4.